The van der Waals surface area contributed by atoms with E-state index in [2.05, 4.69) is 25.2 Å². The third kappa shape index (κ3) is 2.97. The lowest BCUT2D eigenvalue weighted by Gasteiger charge is -2.32. The van der Waals surface area contributed by atoms with Crippen molar-refractivity contribution in [2.45, 2.75) is 12.6 Å². The van der Waals surface area contributed by atoms with Gasteiger partial charge in [0.05, 0.1) is 30.7 Å². The zero-order valence-electron chi connectivity index (χ0n) is 11.5. The number of nitrogens with zero attached hydrogens (tertiary/aromatic N) is 3. The summed E-state index contributed by atoms with van der Waals surface area (Å²) in [5.41, 5.74) is 1.99. The standard InChI is InChI=1S/C14H19N5O/c1-15-11-2-3-12(18-8-11)13-9-19(6-7-20-13)10-14-16-4-5-17-14/h2-5,8,13,15H,6-7,9-10H2,1H3,(H,16,17)/t13-/m0/s1. The van der Waals surface area contributed by atoms with E-state index in [4.69, 9.17) is 4.74 Å². The van der Waals surface area contributed by atoms with E-state index in [-0.39, 0.29) is 6.10 Å². The zero-order chi connectivity index (χ0) is 13.8. The molecule has 0 radical (unpaired) electrons. The number of ether oxygens (including phenoxy) is 1. The second kappa shape index (κ2) is 6.02. The van der Waals surface area contributed by atoms with Crippen LogP contribution in [0.4, 0.5) is 5.69 Å². The lowest BCUT2D eigenvalue weighted by atomic mass is 10.2. The van der Waals surface area contributed by atoms with Gasteiger partial charge in [-0.2, -0.15) is 0 Å². The highest BCUT2D eigenvalue weighted by Crippen LogP contribution is 2.22. The average molecular weight is 273 g/mol. The SMILES string of the molecule is CNc1ccc([C@@H]2CN(Cc3ncc[nH]3)CCO2)nc1. The van der Waals surface area contributed by atoms with Crippen LogP contribution in [0.25, 0.3) is 0 Å². The fourth-order valence-electron chi connectivity index (χ4n) is 2.36. The molecule has 1 saturated heterocycles. The van der Waals surface area contributed by atoms with Gasteiger partial charge >= 0.3 is 0 Å². The molecule has 2 aromatic heterocycles. The van der Waals surface area contributed by atoms with Gasteiger partial charge in [0.25, 0.3) is 0 Å². The number of aromatic nitrogens is 3. The number of rotatable bonds is 4. The van der Waals surface area contributed by atoms with Gasteiger partial charge in [0, 0.05) is 32.5 Å². The van der Waals surface area contributed by atoms with Crippen LogP contribution in [-0.4, -0.2) is 46.6 Å². The highest BCUT2D eigenvalue weighted by atomic mass is 16.5. The molecule has 2 N–H and O–H groups in total. The molecule has 0 aliphatic carbocycles. The third-order valence-electron chi connectivity index (χ3n) is 3.48. The van der Waals surface area contributed by atoms with Gasteiger partial charge in [-0.05, 0) is 12.1 Å². The molecule has 106 valence electrons. The molecule has 1 atom stereocenters. The quantitative estimate of drug-likeness (QED) is 0.882. The summed E-state index contributed by atoms with van der Waals surface area (Å²) in [5.74, 6) is 0.990. The number of hydrogen-bond acceptors (Lipinski definition) is 5. The van der Waals surface area contributed by atoms with Gasteiger partial charge < -0.3 is 15.0 Å². The van der Waals surface area contributed by atoms with E-state index in [9.17, 15) is 0 Å². The first kappa shape index (κ1) is 13.1. The van der Waals surface area contributed by atoms with Crippen LogP contribution in [0.2, 0.25) is 0 Å². The first-order valence-electron chi connectivity index (χ1n) is 6.81. The van der Waals surface area contributed by atoms with Gasteiger partial charge in [-0.1, -0.05) is 0 Å². The van der Waals surface area contributed by atoms with Crippen molar-refractivity contribution < 1.29 is 4.74 Å². The maximum atomic E-state index is 5.83. The van der Waals surface area contributed by atoms with E-state index in [1.807, 2.05) is 31.6 Å². The highest BCUT2D eigenvalue weighted by molar-refractivity contribution is 5.40. The van der Waals surface area contributed by atoms with Crippen LogP contribution in [-0.2, 0) is 11.3 Å². The molecule has 1 aliphatic rings. The van der Waals surface area contributed by atoms with Crippen molar-refractivity contribution in [3.63, 3.8) is 0 Å². The Bertz CT molecular complexity index is 525. The topological polar surface area (TPSA) is 66.1 Å². The Hall–Kier alpha value is -1.92. The first-order valence-corrected chi connectivity index (χ1v) is 6.81. The summed E-state index contributed by atoms with van der Waals surface area (Å²) in [6, 6.07) is 4.05. The van der Waals surface area contributed by atoms with Gasteiger partial charge in [-0.15, -0.1) is 0 Å². The molecule has 3 heterocycles. The Morgan fingerprint density at radius 3 is 3.10 bits per heavy atom. The molecule has 3 rings (SSSR count). The smallest absolute Gasteiger partial charge is 0.120 e. The number of nitrogens with one attached hydrogen (secondary N) is 2. The number of morpholine rings is 1. The summed E-state index contributed by atoms with van der Waals surface area (Å²) >= 11 is 0. The second-order valence-corrected chi connectivity index (χ2v) is 4.85. The number of aromatic amines is 1. The van der Waals surface area contributed by atoms with Crippen molar-refractivity contribution in [3.05, 3.63) is 42.2 Å². The molecule has 0 aromatic carbocycles. The van der Waals surface area contributed by atoms with Crippen molar-refractivity contribution in [3.8, 4) is 0 Å². The predicted octanol–water partition coefficient (Wildman–Crippen LogP) is 1.42. The van der Waals surface area contributed by atoms with E-state index in [0.29, 0.717) is 0 Å². The Morgan fingerprint density at radius 1 is 1.45 bits per heavy atom. The van der Waals surface area contributed by atoms with Gasteiger partial charge in [0.15, 0.2) is 0 Å². The number of hydrogen-bond donors (Lipinski definition) is 2. The van der Waals surface area contributed by atoms with Crippen LogP contribution < -0.4 is 5.32 Å². The predicted molar refractivity (Wildman–Crippen MR) is 76.3 cm³/mol. The van der Waals surface area contributed by atoms with Crippen molar-refractivity contribution in [1.82, 2.24) is 19.9 Å². The molecule has 0 saturated carbocycles. The fourth-order valence-corrected chi connectivity index (χ4v) is 2.36. The lowest BCUT2D eigenvalue weighted by Crippen LogP contribution is -2.38. The monoisotopic (exact) mass is 273 g/mol. The minimum atomic E-state index is 0.0321. The third-order valence-corrected chi connectivity index (χ3v) is 3.48. The van der Waals surface area contributed by atoms with Crippen molar-refractivity contribution in [2.75, 3.05) is 32.1 Å². The maximum Gasteiger partial charge on any atom is 0.120 e. The Morgan fingerprint density at radius 2 is 2.40 bits per heavy atom. The minimum Gasteiger partial charge on any atom is -0.387 e. The van der Waals surface area contributed by atoms with Gasteiger partial charge in [-0.3, -0.25) is 9.88 Å². The number of imidazole rings is 1. The molecular weight excluding hydrogens is 254 g/mol. The molecule has 0 amide bonds. The summed E-state index contributed by atoms with van der Waals surface area (Å²) in [4.78, 5) is 14.2. The molecule has 0 bridgehead atoms. The molecule has 6 heteroatoms. The van der Waals surface area contributed by atoms with E-state index >= 15 is 0 Å². The number of anilines is 1. The Balaban J connectivity index is 1.64. The van der Waals surface area contributed by atoms with Crippen LogP contribution in [0.3, 0.4) is 0 Å². The van der Waals surface area contributed by atoms with Crippen LogP contribution in [0.1, 0.15) is 17.6 Å². The lowest BCUT2D eigenvalue weighted by molar-refractivity contribution is -0.0356. The molecule has 20 heavy (non-hydrogen) atoms. The van der Waals surface area contributed by atoms with Crippen molar-refractivity contribution in [1.29, 1.82) is 0 Å². The first-order chi connectivity index (χ1) is 9.85. The van der Waals surface area contributed by atoms with Crippen molar-refractivity contribution in [2.24, 2.45) is 0 Å². The van der Waals surface area contributed by atoms with Crippen LogP contribution >= 0.6 is 0 Å². The Kier molecular flexibility index (Phi) is 3.94. The highest BCUT2D eigenvalue weighted by Gasteiger charge is 2.23. The van der Waals surface area contributed by atoms with Crippen LogP contribution in [0.5, 0.6) is 0 Å². The normalized spacial score (nSPS) is 19.9. The van der Waals surface area contributed by atoms with Crippen molar-refractivity contribution >= 4 is 5.69 Å². The summed E-state index contributed by atoms with van der Waals surface area (Å²) in [7, 11) is 1.89. The van der Waals surface area contributed by atoms with E-state index in [1.54, 1.807) is 6.20 Å². The van der Waals surface area contributed by atoms with Crippen LogP contribution in [0.15, 0.2) is 30.7 Å². The summed E-state index contributed by atoms with van der Waals surface area (Å²) in [5, 5.41) is 3.07. The molecule has 0 unspecified atom stereocenters. The van der Waals surface area contributed by atoms with E-state index < -0.39 is 0 Å². The molecule has 1 fully saturated rings. The fraction of sp³-hybridized carbons (Fsp3) is 0.429. The summed E-state index contributed by atoms with van der Waals surface area (Å²) in [6.45, 7) is 3.31. The molecule has 1 aliphatic heterocycles. The molecule has 6 nitrogen and oxygen atoms in total. The largest absolute Gasteiger partial charge is 0.387 e. The van der Waals surface area contributed by atoms with Gasteiger partial charge in [-0.25, -0.2) is 4.98 Å². The minimum absolute atomic E-state index is 0.0321. The second-order valence-electron chi connectivity index (χ2n) is 4.85. The van der Waals surface area contributed by atoms with Crippen LogP contribution in [0, 0.1) is 0 Å². The number of pyridine rings is 1. The summed E-state index contributed by atoms with van der Waals surface area (Å²) < 4.78 is 5.83. The van der Waals surface area contributed by atoms with E-state index in [0.717, 1.165) is 43.4 Å². The zero-order valence-corrected chi connectivity index (χ0v) is 11.5. The maximum absolute atomic E-state index is 5.83. The summed E-state index contributed by atoms with van der Waals surface area (Å²) in [6.07, 6.45) is 5.51. The molecule has 2 aromatic rings. The van der Waals surface area contributed by atoms with Gasteiger partial charge in [0.2, 0.25) is 0 Å². The average Bonchev–Trinajstić information content (AvgIpc) is 3.01. The molecular formula is C14H19N5O. The Labute approximate surface area is 118 Å². The van der Waals surface area contributed by atoms with Gasteiger partial charge in [0.1, 0.15) is 11.9 Å². The van der Waals surface area contributed by atoms with E-state index in [1.165, 1.54) is 0 Å². The number of H-pyrrole nitrogens is 1. The molecule has 0 spiro atoms.